The third-order valence-corrected chi connectivity index (χ3v) is 4.79. The van der Waals surface area contributed by atoms with Crippen molar-refractivity contribution in [1.82, 2.24) is 5.32 Å². The van der Waals surface area contributed by atoms with E-state index >= 15 is 0 Å². The van der Waals surface area contributed by atoms with Crippen molar-refractivity contribution in [3.63, 3.8) is 0 Å². The van der Waals surface area contributed by atoms with Crippen LogP contribution in [0.4, 0.5) is 11.4 Å². The van der Waals surface area contributed by atoms with Gasteiger partial charge in [-0.2, -0.15) is 0 Å². The summed E-state index contributed by atoms with van der Waals surface area (Å²) >= 11 is 5.96. The van der Waals surface area contributed by atoms with Gasteiger partial charge in [-0.25, -0.2) is 4.79 Å². The van der Waals surface area contributed by atoms with E-state index in [1.165, 1.54) is 12.1 Å². The maximum Gasteiger partial charge on any atom is 0.333 e. The summed E-state index contributed by atoms with van der Waals surface area (Å²) in [5, 5.41) is 16.0. The first-order chi connectivity index (χ1) is 15.8. The molecule has 10 heteroatoms. The molecule has 1 unspecified atom stereocenters. The van der Waals surface area contributed by atoms with Crippen molar-refractivity contribution in [3.05, 3.63) is 105 Å². The number of ether oxygens (including phenoxy) is 1. The topological polar surface area (TPSA) is 128 Å². The zero-order valence-electron chi connectivity index (χ0n) is 17.1. The lowest BCUT2D eigenvalue weighted by molar-refractivity contribution is -0.384. The molecule has 0 aliphatic rings. The third-order valence-electron chi connectivity index (χ3n) is 4.46. The van der Waals surface area contributed by atoms with Crippen LogP contribution in [0.3, 0.4) is 0 Å². The number of rotatable bonds is 8. The van der Waals surface area contributed by atoms with Gasteiger partial charge in [0.2, 0.25) is 0 Å². The van der Waals surface area contributed by atoms with Gasteiger partial charge < -0.3 is 15.4 Å². The molecule has 2 N–H and O–H groups in total. The highest BCUT2D eigenvalue weighted by molar-refractivity contribution is 6.33. The quantitative estimate of drug-likeness (QED) is 0.294. The normalized spacial score (nSPS) is 11.2. The summed E-state index contributed by atoms with van der Waals surface area (Å²) in [4.78, 5) is 47.8. The van der Waals surface area contributed by atoms with Crippen molar-refractivity contribution in [2.75, 3.05) is 11.9 Å². The van der Waals surface area contributed by atoms with Crippen LogP contribution in [0.5, 0.6) is 0 Å². The maximum atomic E-state index is 12.7. The molecular weight excluding hydrogens is 450 g/mol. The summed E-state index contributed by atoms with van der Waals surface area (Å²) in [7, 11) is 0. The molecule has 0 bridgehead atoms. The number of benzene rings is 3. The van der Waals surface area contributed by atoms with Gasteiger partial charge in [0, 0.05) is 17.7 Å². The number of hydrogen-bond donors (Lipinski definition) is 2. The fourth-order valence-corrected chi connectivity index (χ4v) is 3.02. The second-order valence-electron chi connectivity index (χ2n) is 6.76. The van der Waals surface area contributed by atoms with Crippen molar-refractivity contribution in [2.24, 2.45) is 0 Å². The van der Waals surface area contributed by atoms with Crippen LogP contribution < -0.4 is 10.6 Å². The van der Waals surface area contributed by atoms with E-state index in [1.807, 2.05) is 0 Å². The van der Waals surface area contributed by atoms with Gasteiger partial charge in [0.1, 0.15) is 0 Å². The van der Waals surface area contributed by atoms with E-state index in [-0.39, 0.29) is 16.4 Å². The second-order valence-corrected chi connectivity index (χ2v) is 7.17. The van der Waals surface area contributed by atoms with E-state index in [0.717, 1.165) is 6.07 Å². The molecule has 0 saturated heterocycles. The number of anilines is 1. The van der Waals surface area contributed by atoms with E-state index in [0.29, 0.717) is 11.1 Å². The fraction of sp³-hybridized carbons (Fsp3) is 0.0870. The Hall–Kier alpha value is -4.24. The largest absolute Gasteiger partial charge is 0.454 e. The molecule has 0 aliphatic heterocycles. The van der Waals surface area contributed by atoms with Gasteiger partial charge in [-0.1, -0.05) is 60.1 Å². The van der Waals surface area contributed by atoms with E-state index in [1.54, 1.807) is 60.7 Å². The Morgan fingerprint density at radius 3 is 2.24 bits per heavy atom. The Morgan fingerprint density at radius 1 is 0.970 bits per heavy atom. The van der Waals surface area contributed by atoms with Crippen LogP contribution in [0.1, 0.15) is 22.0 Å². The van der Waals surface area contributed by atoms with Gasteiger partial charge in [-0.3, -0.25) is 19.7 Å². The van der Waals surface area contributed by atoms with Gasteiger partial charge in [-0.05, 0) is 23.8 Å². The number of nitrogens with one attached hydrogen (secondary N) is 2. The molecule has 0 aromatic heterocycles. The number of esters is 1. The smallest absolute Gasteiger partial charge is 0.333 e. The number of nitrogens with zero attached hydrogens (tertiary/aromatic N) is 1. The Kier molecular flexibility index (Phi) is 7.72. The van der Waals surface area contributed by atoms with Crippen molar-refractivity contribution in [3.8, 4) is 0 Å². The molecule has 0 radical (unpaired) electrons. The predicted molar refractivity (Wildman–Crippen MR) is 121 cm³/mol. The fourth-order valence-electron chi connectivity index (χ4n) is 2.86. The molecule has 3 rings (SSSR count). The van der Waals surface area contributed by atoms with Crippen LogP contribution in [-0.4, -0.2) is 29.3 Å². The van der Waals surface area contributed by atoms with E-state index in [2.05, 4.69) is 10.6 Å². The lowest BCUT2D eigenvalue weighted by Gasteiger charge is -2.18. The van der Waals surface area contributed by atoms with E-state index in [4.69, 9.17) is 16.3 Å². The highest BCUT2D eigenvalue weighted by atomic mass is 35.5. The summed E-state index contributed by atoms with van der Waals surface area (Å²) in [5.41, 5.74) is 0.557. The molecule has 0 heterocycles. The van der Waals surface area contributed by atoms with Gasteiger partial charge >= 0.3 is 5.97 Å². The van der Waals surface area contributed by atoms with Crippen LogP contribution in [0.15, 0.2) is 78.9 Å². The number of amides is 2. The molecule has 0 spiro atoms. The second kappa shape index (κ2) is 10.9. The zero-order valence-corrected chi connectivity index (χ0v) is 17.8. The average molecular weight is 468 g/mol. The Bertz CT molecular complexity index is 1170. The van der Waals surface area contributed by atoms with Crippen LogP contribution >= 0.6 is 11.6 Å². The molecule has 168 valence electrons. The highest BCUT2D eigenvalue weighted by Crippen LogP contribution is 2.26. The minimum Gasteiger partial charge on any atom is -0.454 e. The van der Waals surface area contributed by atoms with E-state index < -0.39 is 35.4 Å². The molecule has 9 nitrogen and oxygen atoms in total. The molecule has 0 aliphatic carbocycles. The Morgan fingerprint density at radius 2 is 1.61 bits per heavy atom. The number of hydrogen-bond acceptors (Lipinski definition) is 6. The van der Waals surface area contributed by atoms with Gasteiger partial charge in [0.05, 0.1) is 15.6 Å². The summed E-state index contributed by atoms with van der Waals surface area (Å²) < 4.78 is 5.10. The van der Waals surface area contributed by atoms with Crippen LogP contribution in [0, 0.1) is 10.1 Å². The van der Waals surface area contributed by atoms with Crippen molar-refractivity contribution in [1.29, 1.82) is 0 Å². The molecule has 0 fully saturated rings. The van der Waals surface area contributed by atoms with Crippen LogP contribution in [-0.2, 0) is 14.3 Å². The zero-order chi connectivity index (χ0) is 23.8. The maximum absolute atomic E-state index is 12.7. The summed E-state index contributed by atoms with van der Waals surface area (Å²) in [6.45, 7) is -0.692. The number of nitro groups is 1. The number of nitro benzene ring substituents is 1. The average Bonchev–Trinajstić information content (AvgIpc) is 2.83. The highest BCUT2D eigenvalue weighted by Gasteiger charge is 2.25. The van der Waals surface area contributed by atoms with Gasteiger partial charge in [0.15, 0.2) is 12.6 Å². The minimum absolute atomic E-state index is 0.00362. The third kappa shape index (κ3) is 6.37. The first kappa shape index (κ1) is 23.4. The Labute approximate surface area is 193 Å². The SMILES string of the molecule is O=C(COC(=O)C(NC(=O)c1ccccc1)c1ccccc1)Nc1cc([N+](=O)[O-])ccc1Cl. The summed E-state index contributed by atoms with van der Waals surface area (Å²) in [6.07, 6.45) is 0. The lowest BCUT2D eigenvalue weighted by Crippen LogP contribution is -2.36. The molecule has 33 heavy (non-hydrogen) atoms. The number of non-ortho nitro benzene ring substituents is 1. The monoisotopic (exact) mass is 467 g/mol. The molecule has 2 amide bonds. The number of carbonyl (C=O) groups excluding carboxylic acids is 3. The van der Waals surface area contributed by atoms with Gasteiger partial charge in [0.25, 0.3) is 17.5 Å². The number of carbonyl (C=O) groups is 3. The molecule has 1 atom stereocenters. The van der Waals surface area contributed by atoms with Crippen LogP contribution in [0.2, 0.25) is 5.02 Å². The number of halogens is 1. The summed E-state index contributed by atoms with van der Waals surface area (Å²) in [6, 6.07) is 19.1. The first-order valence-electron chi connectivity index (χ1n) is 9.66. The van der Waals surface area contributed by atoms with Crippen LogP contribution in [0.25, 0.3) is 0 Å². The predicted octanol–water partition coefficient (Wildman–Crippen LogP) is 3.90. The molecule has 3 aromatic carbocycles. The van der Waals surface area contributed by atoms with Crippen molar-refractivity contribution >= 4 is 40.8 Å². The lowest BCUT2D eigenvalue weighted by atomic mass is 10.1. The van der Waals surface area contributed by atoms with Crippen molar-refractivity contribution < 1.29 is 24.0 Å². The van der Waals surface area contributed by atoms with Gasteiger partial charge in [-0.15, -0.1) is 0 Å². The summed E-state index contributed by atoms with van der Waals surface area (Å²) in [5.74, 6) is -2.10. The molecule has 3 aromatic rings. The van der Waals surface area contributed by atoms with Crippen molar-refractivity contribution in [2.45, 2.75) is 6.04 Å². The standard InChI is InChI=1S/C23H18ClN3O6/c24-18-12-11-17(27(31)32)13-19(18)25-20(28)14-33-23(30)21(15-7-3-1-4-8-15)26-22(29)16-9-5-2-6-10-16/h1-13,21H,14H2,(H,25,28)(H,26,29). The first-order valence-corrected chi connectivity index (χ1v) is 10.0. The van der Waals surface area contributed by atoms with E-state index in [9.17, 15) is 24.5 Å². The minimum atomic E-state index is -1.16. The molecular formula is C23H18ClN3O6. The Balaban J connectivity index is 1.68. The molecule has 0 saturated carbocycles.